The maximum Gasteiger partial charge on any atom is 0.174 e. The van der Waals surface area contributed by atoms with E-state index in [0.717, 1.165) is 12.0 Å². The average Bonchev–Trinajstić information content (AvgIpc) is 2.39. The van der Waals surface area contributed by atoms with Gasteiger partial charge in [0.05, 0.1) is 18.6 Å². The molecule has 1 aliphatic heterocycles. The normalized spacial score (nSPS) is 28.7. The topological polar surface area (TPSA) is 18.5 Å². The summed E-state index contributed by atoms with van der Waals surface area (Å²) in [7, 11) is 0. The summed E-state index contributed by atoms with van der Waals surface area (Å²) in [6.07, 6.45) is 4.80. The van der Waals surface area contributed by atoms with Crippen LogP contribution in [0.5, 0.6) is 0 Å². The molecule has 3 unspecified atom stereocenters. The molecule has 0 aromatic heterocycles. The van der Waals surface area contributed by atoms with Crippen molar-refractivity contribution < 1.29 is 9.47 Å². The van der Waals surface area contributed by atoms with Crippen LogP contribution in [0.15, 0.2) is 42.5 Å². The number of ether oxygens (including phenoxy) is 2. The Hall–Kier alpha value is -0.830. The molecule has 0 spiro atoms. The van der Waals surface area contributed by atoms with Gasteiger partial charge in [0, 0.05) is 5.92 Å². The Kier molecular flexibility index (Phi) is 5.24. The molecule has 2 rings (SSSR count). The van der Waals surface area contributed by atoms with Crippen LogP contribution in [0.25, 0.3) is 0 Å². The third-order valence-electron chi connectivity index (χ3n) is 3.02. The van der Waals surface area contributed by atoms with Gasteiger partial charge in [-0.2, -0.15) is 0 Å². The molecule has 1 aromatic carbocycles. The molecule has 0 radical (unpaired) electrons. The van der Waals surface area contributed by atoms with Gasteiger partial charge in [0.15, 0.2) is 6.29 Å². The quantitative estimate of drug-likeness (QED) is 0.610. The Bertz CT molecular complexity index is 377. The van der Waals surface area contributed by atoms with Gasteiger partial charge in [-0.05, 0) is 18.9 Å². The maximum atomic E-state index is 6.30. The number of halogens is 1. The van der Waals surface area contributed by atoms with Gasteiger partial charge in [-0.1, -0.05) is 42.5 Å². The molecule has 1 fully saturated rings. The van der Waals surface area contributed by atoms with Crippen LogP contribution in [-0.2, 0) is 16.1 Å². The van der Waals surface area contributed by atoms with Gasteiger partial charge in [0.25, 0.3) is 0 Å². The second kappa shape index (κ2) is 6.93. The fourth-order valence-electron chi connectivity index (χ4n) is 2.10. The van der Waals surface area contributed by atoms with Gasteiger partial charge >= 0.3 is 0 Å². The highest BCUT2D eigenvalue weighted by molar-refractivity contribution is 6.21. The van der Waals surface area contributed by atoms with Crippen molar-refractivity contribution in [2.45, 2.75) is 31.6 Å². The highest BCUT2D eigenvalue weighted by Crippen LogP contribution is 2.26. The van der Waals surface area contributed by atoms with Crippen LogP contribution in [0.3, 0.4) is 0 Å². The first-order valence-corrected chi connectivity index (χ1v) is 6.77. The minimum Gasteiger partial charge on any atom is -0.350 e. The molecular formula is C15H19ClO2. The van der Waals surface area contributed by atoms with E-state index >= 15 is 0 Å². The molecule has 3 atom stereocenters. The Balaban J connectivity index is 1.81. The third kappa shape index (κ3) is 3.84. The highest BCUT2D eigenvalue weighted by atomic mass is 35.5. The van der Waals surface area contributed by atoms with E-state index in [1.54, 1.807) is 0 Å². The molecule has 0 N–H and O–H groups in total. The minimum absolute atomic E-state index is 0.0799. The van der Waals surface area contributed by atoms with E-state index in [0.29, 0.717) is 19.1 Å². The van der Waals surface area contributed by atoms with E-state index in [9.17, 15) is 0 Å². The second-order valence-corrected chi connectivity index (χ2v) is 5.10. The molecule has 1 aliphatic rings. The monoisotopic (exact) mass is 266 g/mol. The van der Waals surface area contributed by atoms with Crippen LogP contribution in [0.2, 0.25) is 0 Å². The Labute approximate surface area is 114 Å². The van der Waals surface area contributed by atoms with Gasteiger partial charge < -0.3 is 9.47 Å². The molecular weight excluding hydrogens is 248 g/mol. The van der Waals surface area contributed by atoms with Gasteiger partial charge in [0.1, 0.15) is 0 Å². The number of allylic oxidation sites excluding steroid dienone is 1. The van der Waals surface area contributed by atoms with Crippen LogP contribution in [-0.4, -0.2) is 18.3 Å². The minimum atomic E-state index is -0.298. The zero-order valence-electron chi connectivity index (χ0n) is 10.6. The molecule has 2 nitrogen and oxygen atoms in total. The fraction of sp³-hybridized carbons (Fsp3) is 0.467. The van der Waals surface area contributed by atoms with Crippen molar-refractivity contribution >= 4 is 11.6 Å². The average molecular weight is 267 g/mol. The lowest BCUT2D eigenvalue weighted by Gasteiger charge is -2.31. The van der Waals surface area contributed by atoms with Gasteiger partial charge in [-0.3, -0.25) is 0 Å². The largest absolute Gasteiger partial charge is 0.350 e. The lowest BCUT2D eigenvalue weighted by molar-refractivity contribution is -0.174. The molecule has 1 saturated heterocycles. The van der Waals surface area contributed by atoms with E-state index in [1.165, 1.54) is 0 Å². The van der Waals surface area contributed by atoms with Crippen molar-refractivity contribution in [3.63, 3.8) is 0 Å². The first-order valence-electron chi connectivity index (χ1n) is 6.33. The number of benzene rings is 1. The molecule has 0 aliphatic carbocycles. The van der Waals surface area contributed by atoms with Crippen molar-refractivity contribution in [3.8, 4) is 0 Å². The number of hydrogen-bond acceptors (Lipinski definition) is 2. The van der Waals surface area contributed by atoms with Crippen molar-refractivity contribution in [2.75, 3.05) is 6.61 Å². The van der Waals surface area contributed by atoms with E-state index < -0.39 is 0 Å². The first-order chi connectivity index (χ1) is 8.79. The molecule has 0 saturated carbocycles. The summed E-state index contributed by atoms with van der Waals surface area (Å²) in [5.74, 6) is 0.411. The van der Waals surface area contributed by atoms with Crippen molar-refractivity contribution in [3.05, 3.63) is 48.0 Å². The van der Waals surface area contributed by atoms with Gasteiger partial charge in [0.2, 0.25) is 0 Å². The molecule has 1 heterocycles. The number of alkyl halides is 1. The molecule has 3 heteroatoms. The Morgan fingerprint density at radius 3 is 2.83 bits per heavy atom. The molecule has 0 bridgehead atoms. The standard InChI is InChI=1S/C15H19ClO2/c1-2-6-13-9-14(16)15(18-11-13)17-10-12-7-4-3-5-8-12/h2-8,13-15H,9-11H2,1H3. The summed E-state index contributed by atoms with van der Waals surface area (Å²) in [6.45, 7) is 3.25. The first kappa shape index (κ1) is 13.6. The number of hydrogen-bond donors (Lipinski definition) is 0. The van der Waals surface area contributed by atoms with Crippen LogP contribution in [0, 0.1) is 5.92 Å². The van der Waals surface area contributed by atoms with Crippen LogP contribution >= 0.6 is 11.6 Å². The molecule has 18 heavy (non-hydrogen) atoms. The van der Waals surface area contributed by atoms with E-state index in [-0.39, 0.29) is 11.7 Å². The van der Waals surface area contributed by atoms with Gasteiger partial charge in [-0.25, -0.2) is 0 Å². The summed E-state index contributed by atoms with van der Waals surface area (Å²) in [5.41, 5.74) is 1.14. The zero-order valence-corrected chi connectivity index (χ0v) is 11.3. The second-order valence-electron chi connectivity index (χ2n) is 4.54. The molecule has 1 aromatic rings. The van der Waals surface area contributed by atoms with Crippen molar-refractivity contribution in [1.82, 2.24) is 0 Å². The Morgan fingerprint density at radius 1 is 1.39 bits per heavy atom. The maximum absolute atomic E-state index is 6.30. The fourth-order valence-corrected chi connectivity index (χ4v) is 2.48. The SMILES string of the molecule is CC=CC1COC(OCc2ccccc2)C(Cl)C1. The van der Waals surface area contributed by atoms with E-state index in [4.69, 9.17) is 21.1 Å². The molecule has 98 valence electrons. The van der Waals surface area contributed by atoms with Crippen LogP contribution < -0.4 is 0 Å². The summed E-state index contributed by atoms with van der Waals surface area (Å²) in [5, 5.41) is -0.0799. The predicted molar refractivity (Wildman–Crippen MR) is 73.5 cm³/mol. The van der Waals surface area contributed by atoms with Crippen LogP contribution in [0.4, 0.5) is 0 Å². The van der Waals surface area contributed by atoms with Crippen molar-refractivity contribution in [2.24, 2.45) is 5.92 Å². The third-order valence-corrected chi connectivity index (χ3v) is 3.40. The molecule has 0 amide bonds. The lowest BCUT2D eigenvalue weighted by atomic mass is 10.0. The predicted octanol–water partition coefficient (Wildman–Crippen LogP) is 3.75. The zero-order chi connectivity index (χ0) is 12.8. The summed E-state index contributed by atoms with van der Waals surface area (Å²) < 4.78 is 11.4. The summed E-state index contributed by atoms with van der Waals surface area (Å²) in [6, 6.07) is 10.1. The lowest BCUT2D eigenvalue weighted by Crippen LogP contribution is -2.36. The van der Waals surface area contributed by atoms with Crippen LogP contribution in [0.1, 0.15) is 18.9 Å². The Morgan fingerprint density at radius 2 is 2.17 bits per heavy atom. The van der Waals surface area contributed by atoms with E-state index in [2.05, 4.69) is 6.08 Å². The van der Waals surface area contributed by atoms with Gasteiger partial charge in [-0.15, -0.1) is 11.6 Å². The van der Waals surface area contributed by atoms with Crippen molar-refractivity contribution in [1.29, 1.82) is 0 Å². The summed E-state index contributed by atoms with van der Waals surface area (Å²) in [4.78, 5) is 0. The highest BCUT2D eigenvalue weighted by Gasteiger charge is 2.29. The summed E-state index contributed by atoms with van der Waals surface area (Å²) >= 11 is 6.30. The van der Waals surface area contributed by atoms with E-state index in [1.807, 2.05) is 43.3 Å². The number of rotatable bonds is 4. The smallest absolute Gasteiger partial charge is 0.174 e.